The van der Waals surface area contributed by atoms with Crippen molar-refractivity contribution in [1.29, 1.82) is 0 Å². The van der Waals surface area contributed by atoms with E-state index in [1.807, 2.05) is 48.7 Å². The van der Waals surface area contributed by atoms with E-state index in [2.05, 4.69) is 40.4 Å². The van der Waals surface area contributed by atoms with Crippen LogP contribution in [0.15, 0.2) is 59.1 Å². The monoisotopic (exact) mass is 454 g/mol. The fourth-order valence-electron chi connectivity index (χ4n) is 4.08. The fourth-order valence-corrected chi connectivity index (χ4v) is 4.40. The van der Waals surface area contributed by atoms with E-state index in [0.717, 1.165) is 41.7 Å². The highest BCUT2D eigenvalue weighted by Crippen LogP contribution is 2.26. The molecule has 0 bridgehead atoms. The average molecular weight is 455 g/mol. The number of anilines is 2. The van der Waals surface area contributed by atoms with Gasteiger partial charge in [-0.05, 0) is 79.0 Å². The van der Waals surface area contributed by atoms with Gasteiger partial charge in [-0.3, -0.25) is 0 Å². The van der Waals surface area contributed by atoms with Crippen molar-refractivity contribution in [3.8, 4) is 11.3 Å². The van der Waals surface area contributed by atoms with Gasteiger partial charge in [-0.1, -0.05) is 25.4 Å². The van der Waals surface area contributed by atoms with Gasteiger partial charge >= 0.3 is 0 Å². The summed E-state index contributed by atoms with van der Waals surface area (Å²) in [5, 5.41) is 7.60. The Morgan fingerprint density at radius 1 is 1.10 bits per heavy atom. The van der Waals surface area contributed by atoms with Crippen molar-refractivity contribution in [3.05, 3.63) is 65.5 Å². The number of benzene rings is 1. The Hall–Kier alpha value is -2.57. The number of nitrogens with zero attached hydrogens (tertiary/aromatic N) is 2. The Kier molecular flexibility index (Phi) is 6.78. The van der Waals surface area contributed by atoms with E-state index >= 15 is 0 Å². The molecule has 2 unspecified atom stereocenters. The van der Waals surface area contributed by atoms with Gasteiger partial charge in [-0.15, -0.1) is 0 Å². The van der Waals surface area contributed by atoms with E-state index in [9.17, 15) is 0 Å². The second kappa shape index (κ2) is 9.71. The lowest BCUT2D eigenvalue weighted by Gasteiger charge is -2.35. The van der Waals surface area contributed by atoms with Crippen molar-refractivity contribution in [2.45, 2.75) is 26.8 Å². The molecule has 0 radical (unpaired) electrons. The van der Waals surface area contributed by atoms with Crippen molar-refractivity contribution < 1.29 is 4.42 Å². The van der Waals surface area contributed by atoms with Gasteiger partial charge in [-0.25, -0.2) is 4.98 Å². The number of pyridine rings is 1. The number of thiocarbonyl (C=S) groups is 1. The summed E-state index contributed by atoms with van der Waals surface area (Å²) >= 11 is 11.4. The van der Waals surface area contributed by atoms with Gasteiger partial charge in [0.05, 0.1) is 18.4 Å². The molecule has 5 nitrogen and oxygen atoms in total. The molecule has 1 aromatic carbocycles. The van der Waals surface area contributed by atoms with Crippen LogP contribution in [0.25, 0.3) is 11.3 Å². The van der Waals surface area contributed by atoms with E-state index in [1.165, 1.54) is 6.42 Å². The van der Waals surface area contributed by atoms with Crippen LogP contribution < -0.4 is 15.5 Å². The van der Waals surface area contributed by atoms with Crippen molar-refractivity contribution in [2.24, 2.45) is 11.8 Å². The van der Waals surface area contributed by atoms with Gasteiger partial charge in [0.2, 0.25) is 0 Å². The molecule has 0 amide bonds. The van der Waals surface area contributed by atoms with E-state index in [1.54, 1.807) is 0 Å². The molecule has 0 aliphatic carbocycles. The van der Waals surface area contributed by atoms with Crippen LogP contribution in [-0.2, 0) is 6.54 Å². The number of hydrogen-bond acceptors (Lipinski definition) is 4. The van der Waals surface area contributed by atoms with Crippen molar-refractivity contribution in [1.82, 2.24) is 10.3 Å². The minimum atomic E-state index is 0.495. The topological polar surface area (TPSA) is 53.3 Å². The number of hydrogen-bond donors (Lipinski definition) is 2. The predicted octanol–water partition coefficient (Wildman–Crippen LogP) is 5.96. The maximum atomic E-state index is 5.95. The zero-order valence-corrected chi connectivity index (χ0v) is 19.3. The van der Waals surface area contributed by atoms with Gasteiger partial charge in [-0.2, -0.15) is 0 Å². The lowest BCUT2D eigenvalue weighted by atomic mass is 9.92. The molecule has 2 aromatic heterocycles. The maximum Gasteiger partial charge on any atom is 0.171 e. The molecule has 1 saturated heterocycles. The number of piperidine rings is 1. The molecule has 1 fully saturated rings. The normalized spacial score (nSPS) is 18.6. The fraction of sp³-hybridized carbons (Fsp3) is 0.333. The molecule has 3 aromatic rings. The molecular formula is C24H27ClN4OS. The van der Waals surface area contributed by atoms with Crippen LogP contribution in [0.4, 0.5) is 11.5 Å². The summed E-state index contributed by atoms with van der Waals surface area (Å²) in [5.41, 5.74) is 1.85. The first-order valence-corrected chi connectivity index (χ1v) is 11.4. The summed E-state index contributed by atoms with van der Waals surface area (Å²) in [7, 11) is 0. The Labute approximate surface area is 193 Å². The van der Waals surface area contributed by atoms with Crippen LogP contribution in [0.1, 0.15) is 26.0 Å². The zero-order chi connectivity index (χ0) is 21.8. The van der Waals surface area contributed by atoms with E-state index < -0.39 is 0 Å². The summed E-state index contributed by atoms with van der Waals surface area (Å²) in [6, 6.07) is 15.5. The molecule has 2 atom stereocenters. The molecule has 2 N–H and O–H groups in total. The maximum absolute atomic E-state index is 5.95. The highest BCUT2D eigenvalue weighted by Gasteiger charge is 2.22. The van der Waals surface area contributed by atoms with Crippen LogP contribution in [0.3, 0.4) is 0 Å². The molecule has 3 heterocycles. The van der Waals surface area contributed by atoms with Crippen molar-refractivity contribution in [3.63, 3.8) is 0 Å². The van der Waals surface area contributed by atoms with Crippen LogP contribution in [0, 0.1) is 11.8 Å². The number of halogens is 1. The van der Waals surface area contributed by atoms with Crippen LogP contribution in [0.5, 0.6) is 0 Å². The highest BCUT2D eigenvalue weighted by molar-refractivity contribution is 7.80. The lowest BCUT2D eigenvalue weighted by Crippen LogP contribution is -2.39. The summed E-state index contributed by atoms with van der Waals surface area (Å²) < 4.78 is 5.90. The third kappa shape index (κ3) is 5.77. The first-order chi connectivity index (χ1) is 15.0. The minimum Gasteiger partial charge on any atom is -0.459 e. The number of rotatable bonds is 5. The number of nitrogens with one attached hydrogen (secondary N) is 2. The minimum absolute atomic E-state index is 0.495. The summed E-state index contributed by atoms with van der Waals surface area (Å²) in [5.74, 6) is 4.02. The molecule has 7 heteroatoms. The smallest absolute Gasteiger partial charge is 0.171 e. The predicted molar refractivity (Wildman–Crippen MR) is 132 cm³/mol. The Balaban J connectivity index is 1.29. The molecule has 1 aliphatic heterocycles. The van der Waals surface area contributed by atoms with Crippen LogP contribution >= 0.6 is 23.8 Å². The zero-order valence-electron chi connectivity index (χ0n) is 17.8. The number of aromatic nitrogens is 1. The highest BCUT2D eigenvalue weighted by atomic mass is 35.5. The second-order valence-corrected chi connectivity index (χ2v) is 9.18. The van der Waals surface area contributed by atoms with E-state index in [0.29, 0.717) is 28.5 Å². The van der Waals surface area contributed by atoms with E-state index in [-0.39, 0.29) is 0 Å². The number of furan rings is 1. The Bertz CT molecular complexity index is 1010. The standard InChI is InChI=1S/C24H27ClN4OS/c1-16-11-17(2)15-29(14-16)23-10-7-20(12-26-23)28-24(31)27-13-21-8-9-22(30-21)18-3-5-19(25)6-4-18/h3-10,12,16-17H,11,13-15H2,1-2H3,(H2,27,28,31). The van der Waals surface area contributed by atoms with Gasteiger partial charge in [0.25, 0.3) is 0 Å². The summed E-state index contributed by atoms with van der Waals surface area (Å²) in [6.07, 6.45) is 3.12. The third-order valence-corrected chi connectivity index (χ3v) is 5.91. The first-order valence-electron chi connectivity index (χ1n) is 10.6. The largest absolute Gasteiger partial charge is 0.459 e. The van der Waals surface area contributed by atoms with Gasteiger partial charge < -0.3 is 20.0 Å². The molecular weight excluding hydrogens is 428 g/mol. The summed E-state index contributed by atoms with van der Waals surface area (Å²) in [4.78, 5) is 7.00. The van der Waals surface area contributed by atoms with Crippen LogP contribution in [-0.4, -0.2) is 23.2 Å². The van der Waals surface area contributed by atoms with E-state index in [4.69, 9.17) is 28.2 Å². The lowest BCUT2D eigenvalue weighted by molar-refractivity contribution is 0.355. The molecule has 0 saturated carbocycles. The third-order valence-electron chi connectivity index (χ3n) is 5.41. The van der Waals surface area contributed by atoms with Crippen LogP contribution in [0.2, 0.25) is 5.02 Å². The van der Waals surface area contributed by atoms with Crippen molar-refractivity contribution in [2.75, 3.05) is 23.3 Å². The quantitative estimate of drug-likeness (QED) is 0.463. The van der Waals surface area contributed by atoms with Gasteiger partial charge in [0.1, 0.15) is 17.3 Å². The molecule has 1 aliphatic rings. The summed E-state index contributed by atoms with van der Waals surface area (Å²) in [6.45, 7) is 7.23. The van der Waals surface area contributed by atoms with Gasteiger partial charge in [0, 0.05) is 23.7 Å². The second-order valence-electron chi connectivity index (χ2n) is 8.34. The average Bonchev–Trinajstić information content (AvgIpc) is 3.22. The molecule has 162 valence electrons. The first kappa shape index (κ1) is 21.7. The Morgan fingerprint density at radius 3 is 2.52 bits per heavy atom. The molecule has 4 rings (SSSR count). The van der Waals surface area contributed by atoms with Crippen molar-refractivity contribution >= 4 is 40.4 Å². The molecule has 31 heavy (non-hydrogen) atoms. The molecule has 0 spiro atoms. The Morgan fingerprint density at radius 2 is 1.84 bits per heavy atom. The SMILES string of the molecule is CC1CC(C)CN(c2ccc(NC(=S)NCc3ccc(-c4ccc(Cl)cc4)o3)cn2)C1. The van der Waals surface area contributed by atoms with Gasteiger partial charge in [0.15, 0.2) is 5.11 Å².